The first-order valence-electron chi connectivity index (χ1n) is 7.64. The van der Waals surface area contributed by atoms with Crippen LogP contribution < -0.4 is 5.32 Å². The Kier molecular flexibility index (Phi) is 4.89. The molecule has 0 radical (unpaired) electrons. The maximum Gasteiger partial charge on any atom is 0.410 e. The van der Waals surface area contributed by atoms with Crippen molar-refractivity contribution in [2.45, 2.75) is 39.3 Å². The van der Waals surface area contributed by atoms with E-state index < -0.39 is 10.5 Å². The normalized spacial score (nSPS) is 18.6. The molecule has 1 atom stereocenters. The molecule has 1 saturated heterocycles. The van der Waals surface area contributed by atoms with E-state index in [9.17, 15) is 14.9 Å². The van der Waals surface area contributed by atoms with Crippen LogP contribution in [0.25, 0.3) is 0 Å². The fourth-order valence-electron chi connectivity index (χ4n) is 2.63. The van der Waals surface area contributed by atoms with Gasteiger partial charge < -0.3 is 10.1 Å². The van der Waals surface area contributed by atoms with E-state index in [-0.39, 0.29) is 17.8 Å². The smallest absolute Gasteiger partial charge is 0.410 e. The molecule has 0 aromatic heterocycles. The van der Waals surface area contributed by atoms with E-state index in [0.29, 0.717) is 25.2 Å². The van der Waals surface area contributed by atoms with Gasteiger partial charge in [-0.1, -0.05) is 6.07 Å². The Hall–Kier alpha value is -2.15. The summed E-state index contributed by atoms with van der Waals surface area (Å²) in [6.45, 7) is 9.03. The van der Waals surface area contributed by atoms with E-state index in [1.165, 1.54) is 6.07 Å². The molecule has 7 nitrogen and oxygen atoms in total. The van der Waals surface area contributed by atoms with Crippen molar-refractivity contribution in [3.05, 3.63) is 39.4 Å². The molecule has 126 valence electrons. The lowest BCUT2D eigenvalue weighted by atomic mass is 10.0. The fourth-order valence-corrected chi connectivity index (χ4v) is 2.63. The van der Waals surface area contributed by atoms with E-state index in [2.05, 4.69) is 5.32 Å². The minimum Gasteiger partial charge on any atom is -0.444 e. The van der Waals surface area contributed by atoms with Crippen LogP contribution in [0.2, 0.25) is 0 Å². The lowest BCUT2D eigenvalue weighted by molar-refractivity contribution is -0.385. The second-order valence-electron chi connectivity index (χ2n) is 6.70. The lowest BCUT2D eigenvalue weighted by Gasteiger charge is -2.37. The van der Waals surface area contributed by atoms with Crippen LogP contribution in [0.5, 0.6) is 0 Å². The van der Waals surface area contributed by atoms with Gasteiger partial charge in [-0.3, -0.25) is 15.0 Å². The summed E-state index contributed by atoms with van der Waals surface area (Å²) in [6.07, 6.45) is -0.361. The Labute approximate surface area is 135 Å². The fraction of sp³-hybridized carbons (Fsp3) is 0.562. The van der Waals surface area contributed by atoms with Crippen molar-refractivity contribution in [3.8, 4) is 0 Å². The highest BCUT2D eigenvalue weighted by atomic mass is 16.6. The Balaban J connectivity index is 2.26. The minimum atomic E-state index is -0.558. The first-order chi connectivity index (χ1) is 10.7. The van der Waals surface area contributed by atoms with Crippen molar-refractivity contribution in [1.82, 2.24) is 10.2 Å². The zero-order chi connectivity index (χ0) is 17.2. The number of hydrogen-bond acceptors (Lipinski definition) is 5. The molecule has 1 unspecified atom stereocenters. The summed E-state index contributed by atoms with van der Waals surface area (Å²) in [5.41, 5.74) is 0.979. The molecule has 0 bridgehead atoms. The van der Waals surface area contributed by atoms with Gasteiger partial charge in [-0.15, -0.1) is 0 Å². The number of rotatable bonds is 2. The topological polar surface area (TPSA) is 84.7 Å². The molecule has 1 aliphatic rings. The summed E-state index contributed by atoms with van der Waals surface area (Å²) in [7, 11) is 0. The van der Waals surface area contributed by atoms with Crippen molar-refractivity contribution in [3.63, 3.8) is 0 Å². The first-order valence-corrected chi connectivity index (χ1v) is 7.64. The number of aryl methyl sites for hydroxylation is 1. The molecule has 1 amide bonds. The number of carbonyl (C=O) groups is 1. The Bertz CT molecular complexity index is 610. The van der Waals surface area contributed by atoms with Crippen molar-refractivity contribution >= 4 is 11.8 Å². The molecule has 7 heteroatoms. The number of nitrogens with one attached hydrogen (secondary N) is 1. The van der Waals surface area contributed by atoms with Crippen LogP contribution in [0.4, 0.5) is 10.5 Å². The molecule has 1 N–H and O–H groups in total. The second kappa shape index (κ2) is 6.54. The molecule has 0 saturated carbocycles. The molecule has 23 heavy (non-hydrogen) atoms. The number of amides is 1. The number of piperazine rings is 1. The molecule has 1 fully saturated rings. The van der Waals surface area contributed by atoms with E-state index >= 15 is 0 Å². The average Bonchev–Trinajstić information content (AvgIpc) is 2.45. The minimum absolute atomic E-state index is 0.0846. The van der Waals surface area contributed by atoms with E-state index in [1.807, 2.05) is 20.8 Å². The standard InChI is InChI=1S/C16H23N3O4/c1-11-9-12(5-6-13(11)19(21)22)14-10-17-7-8-18(14)15(20)23-16(2,3)4/h5-6,9,14,17H,7-8,10H2,1-4H3. The van der Waals surface area contributed by atoms with Crippen molar-refractivity contribution in [2.75, 3.05) is 19.6 Å². The van der Waals surface area contributed by atoms with Gasteiger partial charge in [0.15, 0.2) is 0 Å². The number of carbonyl (C=O) groups excluding carboxylic acids is 1. The molecule has 1 aromatic carbocycles. The van der Waals surface area contributed by atoms with Crippen LogP contribution in [0.3, 0.4) is 0 Å². The van der Waals surface area contributed by atoms with Gasteiger partial charge in [0.2, 0.25) is 0 Å². The molecule has 0 aliphatic carbocycles. The summed E-state index contributed by atoms with van der Waals surface area (Å²) in [5, 5.41) is 14.2. The highest BCUT2D eigenvalue weighted by Crippen LogP contribution is 2.28. The van der Waals surface area contributed by atoms with Gasteiger partial charge in [0.25, 0.3) is 5.69 Å². The Morgan fingerprint density at radius 3 is 2.70 bits per heavy atom. The van der Waals surface area contributed by atoms with Crippen molar-refractivity contribution in [2.24, 2.45) is 0 Å². The molecule has 1 heterocycles. The summed E-state index contributed by atoms with van der Waals surface area (Å²) >= 11 is 0. The number of ether oxygens (including phenoxy) is 1. The van der Waals surface area contributed by atoms with Crippen molar-refractivity contribution in [1.29, 1.82) is 0 Å². The summed E-state index contributed by atoms with van der Waals surface area (Å²) in [5.74, 6) is 0. The predicted molar refractivity (Wildman–Crippen MR) is 86.4 cm³/mol. The van der Waals surface area contributed by atoms with Gasteiger partial charge in [-0.2, -0.15) is 0 Å². The maximum absolute atomic E-state index is 12.4. The molecule has 2 rings (SSSR count). The number of hydrogen-bond donors (Lipinski definition) is 1. The highest BCUT2D eigenvalue weighted by Gasteiger charge is 2.31. The number of nitro benzene ring substituents is 1. The van der Waals surface area contributed by atoms with Gasteiger partial charge in [-0.05, 0) is 39.3 Å². The maximum atomic E-state index is 12.4. The zero-order valence-electron chi connectivity index (χ0n) is 14.0. The molecular formula is C16H23N3O4. The van der Waals surface area contributed by atoms with E-state index in [0.717, 1.165) is 5.56 Å². The van der Waals surface area contributed by atoms with Crippen LogP contribution in [-0.4, -0.2) is 41.2 Å². The Morgan fingerprint density at radius 2 is 2.13 bits per heavy atom. The highest BCUT2D eigenvalue weighted by molar-refractivity contribution is 5.69. The quantitative estimate of drug-likeness (QED) is 0.669. The second-order valence-corrected chi connectivity index (χ2v) is 6.70. The van der Waals surface area contributed by atoms with Crippen LogP contribution in [0, 0.1) is 17.0 Å². The summed E-state index contributed by atoms with van der Waals surface area (Å²) in [6, 6.07) is 4.78. The number of nitrogens with zero attached hydrogens (tertiary/aromatic N) is 2. The van der Waals surface area contributed by atoms with Gasteiger partial charge in [0.05, 0.1) is 11.0 Å². The monoisotopic (exact) mass is 321 g/mol. The molecule has 1 aliphatic heterocycles. The van der Waals surface area contributed by atoms with Crippen LogP contribution in [0.1, 0.15) is 37.9 Å². The number of nitro groups is 1. The van der Waals surface area contributed by atoms with E-state index in [1.54, 1.807) is 24.0 Å². The van der Waals surface area contributed by atoms with Crippen LogP contribution in [-0.2, 0) is 4.74 Å². The van der Waals surface area contributed by atoms with Gasteiger partial charge in [-0.25, -0.2) is 4.79 Å². The van der Waals surface area contributed by atoms with Crippen molar-refractivity contribution < 1.29 is 14.5 Å². The number of benzene rings is 1. The SMILES string of the molecule is Cc1cc(C2CNCCN2C(=O)OC(C)(C)C)ccc1[N+](=O)[O-]. The lowest BCUT2D eigenvalue weighted by Crippen LogP contribution is -2.50. The molecular weight excluding hydrogens is 298 g/mol. The molecule has 1 aromatic rings. The third kappa shape index (κ3) is 4.19. The van der Waals surface area contributed by atoms with E-state index in [4.69, 9.17) is 4.74 Å². The molecule has 0 spiro atoms. The van der Waals surface area contributed by atoms with Gasteiger partial charge >= 0.3 is 6.09 Å². The third-order valence-electron chi connectivity index (χ3n) is 3.67. The Morgan fingerprint density at radius 1 is 1.43 bits per heavy atom. The van der Waals surface area contributed by atoms with Gasteiger partial charge in [0, 0.05) is 31.3 Å². The van der Waals surface area contributed by atoms with Crippen LogP contribution in [0.15, 0.2) is 18.2 Å². The van der Waals surface area contributed by atoms with Gasteiger partial charge in [0.1, 0.15) is 5.60 Å². The first kappa shape index (κ1) is 17.2. The van der Waals surface area contributed by atoms with Crippen LogP contribution >= 0.6 is 0 Å². The average molecular weight is 321 g/mol. The third-order valence-corrected chi connectivity index (χ3v) is 3.67. The summed E-state index contributed by atoms with van der Waals surface area (Å²) < 4.78 is 5.47. The zero-order valence-corrected chi connectivity index (χ0v) is 14.0. The predicted octanol–water partition coefficient (Wildman–Crippen LogP) is 2.78. The summed E-state index contributed by atoms with van der Waals surface area (Å²) in [4.78, 5) is 24.7. The largest absolute Gasteiger partial charge is 0.444 e.